The molecule has 18 heavy (non-hydrogen) atoms. The zero-order valence-corrected chi connectivity index (χ0v) is 11.5. The lowest BCUT2D eigenvalue weighted by molar-refractivity contribution is -0.0403. The molecule has 0 radical (unpaired) electrons. The van der Waals surface area contributed by atoms with Crippen molar-refractivity contribution in [2.24, 2.45) is 5.73 Å². The zero-order valence-electron chi connectivity index (χ0n) is 11.5. The molecule has 1 saturated carbocycles. The van der Waals surface area contributed by atoms with Crippen LogP contribution < -0.4 is 5.73 Å². The summed E-state index contributed by atoms with van der Waals surface area (Å²) in [4.78, 5) is 4.53. The van der Waals surface area contributed by atoms with Crippen molar-refractivity contribution in [1.82, 2.24) is 10.1 Å². The van der Waals surface area contributed by atoms with Gasteiger partial charge >= 0.3 is 0 Å². The molecule has 0 saturated heterocycles. The van der Waals surface area contributed by atoms with Gasteiger partial charge in [-0.1, -0.05) is 12.1 Å². The second-order valence-electron chi connectivity index (χ2n) is 5.24. The van der Waals surface area contributed by atoms with E-state index >= 15 is 0 Å². The monoisotopic (exact) mass is 253 g/mol. The third-order valence-electron chi connectivity index (χ3n) is 3.87. The van der Waals surface area contributed by atoms with E-state index < -0.39 is 5.60 Å². The Kier molecular flexibility index (Phi) is 4.02. The zero-order chi connectivity index (χ0) is 13.2. The van der Waals surface area contributed by atoms with Gasteiger partial charge in [0.05, 0.1) is 0 Å². The largest absolute Gasteiger partial charge is 0.367 e. The summed E-state index contributed by atoms with van der Waals surface area (Å²) in [6, 6.07) is 0.273. The first kappa shape index (κ1) is 13.5. The first-order valence-corrected chi connectivity index (χ1v) is 6.82. The Morgan fingerprint density at radius 3 is 2.78 bits per heavy atom. The predicted octanol–water partition coefficient (Wildman–Crippen LogP) is 2.33. The number of aromatic nitrogens is 2. The van der Waals surface area contributed by atoms with E-state index in [0.29, 0.717) is 18.3 Å². The molecule has 1 aliphatic rings. The first-order chi connectivity index (χ1) is 8.59. The maximum atomic E-state index is 5.91. The number of hydrogen-bond acceptors (Lipinski definition) is 5. The van der Waals surface area contributed by atoms with Gasteiger partial charge in [0.1, 0.15) is 5.60 Å². The summed E-state index contributed by atoms with van der Waals surface area (Å²) in [5, 5.41) is 4.10. The van der Waals surface area contributed by atoms with Crippen LogP contribution in [-0.4, -0.2) is 22.8 Å². The lowest BCUT2D eigenvalue weighted by Crippen LogP contribution is -2.26. The van der Waals surface area contributed by atoms with Gasteiger partial charge < -0.3 is 15.0 Å². The molecule has 1 aromatic heterocycles. The van der Waals surface area contributed by atoms with E-state index in [1.165, 1.54) is 0 Å². The Morgan fingerprint density at radius 1 is 1.44 bits per heavy atom. The molecule has 1 aromatic rings. The Bertz CT molecular complexity index is 393. The van der Waals surface area contributed by atoms with Gasteiger partial charge in [-0.15, -0.1) is 0 Å². The lowest BCUT2D eigenvalue weighted by Gasteiger charge is -2.23. The molecule has 5 heteroatoms. The van der Waals surface area contributed by atoms with Crippen molar-refractivity contribution in [3.8, 4) is 0 Å². The van der Waals surface area contributed by atoms with E-state index in [1.54, 1.807) is 0 Å². The third-order valence-corrected chi connectivity index (χ3v) is 3.87. The molecule has 2 rings (SSSR count). The van der Waals surface area contributed by atoms with Crippen LogP contribution in [0.1, 0.15) is 64.1 Å². The number of hydrogen-bond donors (Lipinski definition) is 1. The highest BCUT2D eigenvalue weighted by atomic mass is 16.5. The van der Waals surface area contributed by atoms with Gasteiger partial charge in [0, 0.05) is 18.6 Å². The number of rotatable bonds is 5. The minimum absolute atomic E-state index is 0.273. The maximum Gasteiger partial charge on any atom is 0.229 e. The van der Waals surface area contributed by atoms with Crippen LogP contribution in [0.4, 0.5) is 0 Å². The van der Waals surface area contributed by atoms with Crippen molar-refractivity contribution in [2.75, 3.05) is 6.61 Å². The van der Waals surface area contributed by atoms with Crippen LogP contribution in [0.3, 0.4) is 0 Å². The maximum absolute atomic E-state index is 5.91. The Hall–Kier alpha value is -0.940. The second kappa shape index (κ2) is 5.36. The third kappa shape index (κ3) is 2.57. The van der Waals surface area contributed by atoms with Crippen molar-refractivity contribution in [3.05, 3.63) is 11.7 Å². The quantitative estimate of drug-likeness (QED) is 0.871. The van der Waals surface area contributed by atoms with Gasteiger partial charge in [0.2, 0.25) is 11.7 Å². The molecule has 0 aromatic carbocycles. The SMILES string of the molecule is CCOC(C)(CC)c1noc(C2CCC(N)C2)n1. The molecule has 3 unspecified atom stereocenters. The summed E-state index contributed by atoms with van der Waals surface area (Å²) in [5.74, 6) is 1.70. The number of ether oxygens (including phenoxy) is 1. The predicted molar refractivity (Wildman–Crippen MR) is 68.1 cm³/mol. The van der Waals surface area contributed by atoms with Gasteiger partial charge in [-0.2, -0.15) is 4.98 Å². The summed E-state index contributed by atoms with van der Waals surface area (Å²) in [6.45, 7) is 6.69. The average Bonchev–Trinajstić information content (AvgIpc) is 2.97. The van der Waals surface area contributed by atoms with Crippen molar-refractivity contribution in [3.63, 3.8) is 0 Å². The fourth-order valence-corrected chi connectivity index (χ4v) is 2.50. The Morgan fingerprint density at radius 2 is 2.22 bits per heavy atom. The molecular formula is C13H23N3O2. The van der Waals surface area contributed by atoms with Crippen molar-refractivity contribution in [1.29, 1.82) is 0 Å². The van der Waals surface area contributed by atoms with Gasteiger partial charge in [-0.3, -0.25) is 0 Å². The summed E-state index contributed by atoms with van der Waals surface area (Å²) in [5.41, 5.74) is 5.47. The van der Waals surface area contributed by atoms with Gasteiger partial charge in [-0.05, 0) is 39.5 Å². The van der Waals surface area contributed by atoms with Crippen LogP contribution in [0.15, 0.2) is 4.52 Å². The molecule has 1 fully saturated rings. The molecule has 1 heterocycles. The smallest absolute Gasteiger partial charge is 0.229 e. The summed E-state index contributed by atoms with van der Waals surface area (Å²) >= 11 is 0. The fourth-order valence-electron chi connectivity index (χ4n) is 2.50. The molecule has 0 spiro atoms. The van der Waals surface area contributed by atoms with Crippen LogP contribution in [-0.2, 0) is 10.3 Å². The highest BCUT2D eigenvalue weighted by molar-refractivity contribution is 5.04. The second-order valence-corrected chi connectivity index (χ2v) is 5.24. The molecule has 0 aliphatic heterocycles. The van der Waals surface area contributed by atoms with Gasteiger partial charge in [-0.25, -0.2) is 0 Å². The van der Waals surface area contributed by atoms with E-state index in [9.17, 15) is 0 Å². The van der Waals surface area contributed by atoms with Crippen molar-refractivity contribution >= 4 is 0 Å². The fraction of sp³-hybridized carbons (Fsp3) is 0.846. The summed E-state index contributed by atoms with van der Waals surface area (Å²) in [6.07, 6.45) is 3.85. The van der Waals surface area contributed by atoms with Crippen LogP contribution in [0.5, 0.6) is 0 Å². The van der Waals surface area contributed by atoms with Crippen LogP contribution >= 0.6 is 0 Å². The molecular weight excluding hydrogens is 230 g/mol. The Balaban J connectivity index is 2.14. The van der Waals surface area contributed by atoms with Crippen LogP contribution in [0.25, 0.3) is 0 Å². The highest BCUT2D eigenvalue weighted by Crippen LogP contribution is 2.34. The topological polar surface area (TPSA) is 74.2 Å². The summed E-state index contributed by atoms with van der Waals surface area (Å²) in [7, 11) is 0. The molecule has 0 bridgehead atoms. The van der Waals surface area contributed by atoms with Crippen LogP contribution in [0.2, 0.25) is 0 Å². The minimum atomic E-state index is -0.447. The van der Waals surface area contributed by atoms with Crippen molar-refractivity contribution < 1.29 is 9.26 Å². The Labute approximate surface area is 108 Å². The van der Waals surface area contributed by atoms with Crippen molar-refractivity contribution in [2.45, 2.75) is 64.0 Å². The molecule has 3 atom stereocenters. The normalized spacial score (nSPS) is 27.3. The molecule has 102 valence electrons. The average molecular weight is 253 g/mol. The standard InChI is InChI=1S/C13H23N3O2/c1-4-13(3,17-5-2)12-15-11(18-16-12)9-6-7-10(14)8-9/h9-10H,4-8,14H2,1-3H3. The minimum Gasteiger partial charge on any atom is -0.367 e. The van der Waals surface area contributed by atoms with Gasteiger partial charge in [0.25, 0.3) is 0 Å². The van der Waals surface area contributed by atoms with Gasteiger partial charge in [0.15, 0.2) is 0 Å². The van der Waals surface area contributed by atoms with E-state index in [0.717, 1.165) is 31.6 Å². The number of nitrogens with two attached hydrogens (primary N) is 1. The van der Waals surface area contributed by atoms with E-state index in [1.807, 2.05) is 13.8 Å². The van der Waals surface area contributed by atoms with E-state index in [4.69, 9.17) is 15.0 Å². The molecule has 2 N–H and O–H groups in total. The molecule has 5 nitrogen and oxygen atoms in total. The molecule has 0 amide bonds. The number of nitrogens with zero attached hydrogens (tertiary/aromatic N) is 2. The van der Waals surface area contributed by atoms with Crippen LogP contribution in [0, 0.1) is 0 Å². The first-order valence-electron chi connectivity index (χ1n) is 6.82. The van der Waals surface area contributed by atoms with E-state index in [2.05, 4.69) is 17.1 Å². The lowest BCUT2D eigenvalue weighted by atomic mass is 10.0. The highest BCUT2D eigenvalue weighted by Gasteiger charge is 2.34. The summed E-state index contributed by atoms with van der Waals surface area (Å²) < 4.78 is 11.1. The molecule has 1 aliphatic carbocycles. The van der Waals surface area contributed by atoms with E-state index in [-0.39, 0.29) is 6.04 Å².